The zero-order valence-corrected chi connectivity index (χ0v) is 10.3. The number of ether oxygens (including phenoxy) is 1. The fourth-order valence-corrected chi connectivity index (χ4v) is 2.12. The van der Waals surface area contributed by atoms with Gasteiger partial charge in [0, 0.05) is 12.7 Å². The van der Waals surface area contributed by atoms with E-state index in [-0.39, 0.29) is 12.5 Å². The Labute approximate surface area is 110 Å². The van der Waals surface area contributed by atoms with E-state index in [0.717, 1.165) is 0 Å². The molecule has 1 saturated heterocycles. The lowest BCUT2D eigenvalue weighted by Crippen LogP contribution is -2.47. The number of anilines is 1. The van der Waals surface area contributed by atoms with Crippen molar-refractivity contribution >= 4 is 17.7 Å². The zero-order chi connectivity index (χ0) is 13.8. The van der Waals surface area contributed by atoms with Gasteiger partial charge in [0.15, 0.2) is 0 Å². The van der Waals surface area contributed by atoms with Crippen LogP contribution in [0.25, 0.3) is 0 Å². The molecule has 0 radical (unpaired) electrons. The van der Waals surface area contributed by atoms with Crippen LogP contribution in [0.3, 0.4) is 0 Å². The normalized spacial score (nSPS) is 19.2. The predicted molar refractivity (Wildman–Crippen MR) is 67.0 cm³/mol. The topological polar surface area (TPSA) is 106 Å². The Bertz CT molecular complexity index is 492. The number of rotatable bonds is 4. The number of hydrogen-bond acceptors (Lipinski definition) is 5. The summed E-state index contributed by atoms with van der Waals surface area (Å²) in [6.45, 7) is 1.24. The molecule has 3 N–H and O–H groups in total. The van der Waals surface area contributed by atoms with Crippen LogP contribution in [0.5, 0.6) is 0 Å². The summed E-state index contributed by atoms with van der Waals surface area (Å²) < 4.78 is 5.29. The molecule has 1 aromatic heterocycles. The van der Waals surface area contributed by atoms with Crippen molar-refractivity contribution in [2.24, 2.45) is 5.73 Å². The lowest BCUT2D eigenvalue weighted by molar-refractivity contribution is -0.138. The number of carbonyl (C=O) groups excluding carboxylic acids is 1. The van der Waals surface area contributed by atoms with Crippen LogP contribution in [-0.2, 0) is 9.53 Å². The number of primary amides is 1. The van der Waals surface area contributed by atoms with Gasteiger partial charge in [-0.25, -0.2) is 4.98 Å². The number of hydrogen-bond donors (Lipinski definition) is 2. The lowest BCUT2D eigenvalue weighted by atomic mass is 10.1. The van der Waals surface area contributed by atoms with Gasteiger partial charge in [-0.2, -0.15) is 0 Å². The number of aromatic nitrogens is 1. The highest BCUT2D eigenvalue weighted by atomic mass is 16.5. The summed E-state index contributed by atoms with van der Waals surface area (Å²) >= 11 is 0. The summed E-state index contributed by atoms with van der Waals surface area (Å²) in [6.07, 6.45) is 1.48. The third-order valence-corrected chi connectivity index (χ3v) is 2.96. The number of carboxylic acids is 1. The van der Waals surface area contributed by atoms with Crippen LogP contribution in [-0.4, -0.2) is 47.8 Å². The first kappa shape index (κ1) is 13.3. The van der Waals surface area contributed by atoms with E-state index in [4.69, 9.17) is 15.6 Å². The molecule has 1 fully saturated rings. The van der Waals surface area contributed by atoms with Gasteiger partial charge >= 0.3 is 5.97 Å². The summed E-state index contributed by atoms with van der Waals surface area (Å²) in [5.41, 5.74) is 5.61. The van der Waals surface area contributed by atoms with E-state index in [1.165, 1.54) is 0 Å². The van der Waals surface area contributed by atoms with Crippen LogP contribution in [0.15, 0.2) is 18.3 Å². The number of nitrogens with zero attached hydrogens (tertiary/aromatic N) is 2. The SMILES string of the molecule is NC(=O)c1cccnc1N1CCOCC1CC(=O)O. The molecule has 7 nitrogen and oxygen atoms in total. The standard InChI is InChI=1S/C12H15N3O4/c13-11(18)9-2-1-3-14-12(9)15-4-5-19-7-8(15)6-10(16)17/h1-3,8H,4-7H2,(H2,13,18)(H,16,17). The van der Waals surface area contributed by atoms with Gasteiger partial charge in [-0.15, -0.1) is 0 Å². The van der Waals surface area contributed by atoms with Crippen LogP contribution >= 0.6 is 0 Å². The van der Waals surface area contributed by atoms with Crippen LogP contribution in [0, 0.1) is 0 Å². The van der Waals surface area contributed by atoms with E-state index >= 15 is 0 Å². The van der Waals surface area contributed by atoms with Gasteiger partial charge in [-0.1, -0.05) is 0 Å². The number of amides is 1. The van der Waals surface area contributed by atoms with Gasteiger partial charge in [-0.05, 0) is 12.1 Å². The van der Waals surface area contributed by atoms with E-state index in [0.29, 0.717) is 31.1 Å². The fourth-order valence-electron chi connectivity index (χ4n) is 2.12. The molecular weight excluding hydrogens is 250 g/mol. The van der Waals surface area contributed by atoms with Crippen molar-refractivity contribution in [1.29, 1.82) is 0 Å². The fraction of sp³-hybridized carbons (Fsp3) is 0.417. The Morgan fingerprint density at radius 3 is 3.05 bits per heavy atom. The average Bonchev–Trinajstić information content (AvgIpc) is 2.38. The van der Waals surface area contributed by atoms with Crippen LogP contribution in [0.1, 0.15) is 16.8 Å². The molecule has 0 aliphatic carbocycles. The molecule has 0 aromatic carbocycles. The molecule has 1 unspecified atom stereocenters. The maximum absolute atomic E-state index is 11.4. The molecule has 1 atom stereocenters. The first-order valence-electron chi connectivity index (χ1n) is 5.90. The number of pyridine rings is 1. The highest BCUT2D eigenvalue weighted by molar-refractivity contribution is 5.97. The molecule has 1 aliphatic heterocycles. The van der Waals surface area contributed by atoms with Crippen LogP contribution in [0.4, 0.5) is 5.82 Å². The number of carboxylic acid groups (broad SMARTS) is 1. The van der Waals surface area contributed by atoms with E-state index < -0.39 is 11.9 Å². The van der Waals surface area contributed by atoms with E-state index in [2.05, 4.69) is 4.98 Å². The molecule has 7 heteroatoms. The molecule has 1 aromatic rings. The van der Waals surface area contributed by atoms with E-state index in [9.17, 15) is 9.59 Å². The minimum Gasteiger partial charge on any atom is -0.481 e. The van der Waals surface area contributed by atoms with Gasteiger partial charge in [-0.3, -0.25) is 9.59 Å². The molecule has 2 rings (SSSR count). The molecule has 102 valence electrons. The summed E-state index contributed by atoms with van der Waals surface area (Å²) in [6, 6.07) is 2.85. The Kier molecular flexibility index (Phi) is 3.96. The Balaban J connectivity index is 2.32. The Morgan fingerprint density at radius 1 is 1.58 bits per heavy atom. The van der Waals surface area contributed by atoms with Crippen LogP contribution < -0.4 is 10.6 Å². The Hall–Kier alpha value is -2.15. The van der Waals surface area contributed by atoms with Gasteiger partial charge in [0.05, 0.1) is 31.2 Å². The molecule has 0 bridgehead atoms. The number of aliphatic carboxylic acids is 1. The van der Waals surface area contributed by atoms with Crippen molar-refractivity contribution in [3.8, 4) is 0 Å². The highest BCUT2D eigenvalue weighted by Crippen LogP contribution is 2.22. The monoisotopic (exact) mass is 265 g/mol. The third-order valence-electron chi connectivity index (χ3n) is 2.96. The second-order valence-electron chi connectivity index (χ2n) is 4.26. The van der Waals surface area contributed by atoms with Gasteiger partial charge < -0.3 is 20.5 Å². The number of carbonyl (C=O) groups is 2. The van der Waals surface area contributed by atoms with Crippen LogP contribution in [0.2, 0.25) is 0 Å². The minimum atomic E-state index is -0.919. The minimum absolute atomic E-state index is 0.0746. The van der Waals surface area contributed by atoms with Crippen molar-refractivity contribution < 1.29 is 19.4 Å². The molecule has 0 spiro atoms. The van der Waals surface area contributed by atoms with Crippen molar-refractivity contribution in [3.63, 3.8) is 0 Å². The number of nitrogens with two attached hydrogens (primary N) is 1. The quantitative estimate of drug-likeness (QED) is 0.785. The average molecular weight is 265 g/mol. The second-order valence-corrected chi connectivity index (χ2v) is 4.26. The van der Waals surface area contributed by atoms with E-state index in [1.807, 2.05) is 0 Å². The van der Waals surface area contributed by atoms with E-state index in [1.54, 1.807) is 23.2 Å². The molecule has 0 saturated carbocycles. The molecule has 19 heavy (non-hydrogen) atoms. The first-order valence-corrected chi connectivity index (χ1v) is 5.90. The summed E-state index contributed by atoms with van der Waals surface area (Å²) in [7, 11) is 0. The summed E-state index contributed by atoms with van der Waals surface area (Å²) in [4.78, 5) is 28.2. The summed E-state index contributed by atoms with van der Waals surface area (Å²) in [5, 5.41) is 8.91. The molecule has 2 heterocycles. The van der Waals surface area contributed by atoms with Crippen molar-refractivity contribution in [3.05, 3.63) is 23.9 Å². The smallest absolute Gasteiger partial charge is 0.305 e. The Morgan fingerprint density at radius 2 is 2.37 bits per heavy atom. The molecular formula is C12H15N3O4. The van der Waals surface area contributed by atoms with Crippen molar-refractivity contribution in [1.82, 2.24) is 4.98 Å². The molecule has 1 amide bonds. The summed E-state index contributed by atoms with van der Waals surface area (Å²) in [5.74, 6) is -1.08. The predicted octanol–water partition coefficient (Wildman–Crippen LogP) is -0.140. The van der Waals surface area contributed by atoms with Gasteiger partial charge in [0.2, 0.25) is 0 Å². The largest absolute Gasteiger partial charge is 0.481 e. The maximum atomic E-state index is 11.4. The zero-order valence-electron chi connectivity index (χ0n) is 10.3. The third kappa shape index (κ3) is 3.00. The second kappa shape index (κ2) is 5.66. The maximum Gasteiger partial charge on any atom is 0.305 e. The number of morpholine rings is 1. The molecule has 1 aliphatic rings. The highest BCUT2D eigenvalue weighted by Gasteiger charge is 2.28. The lowest BCUT2D eigenvalue weighted by Gasteiger charge is -2.36. The van der Waals surface area contributed by atoms with Gasteiger partial charge in [0.1, 0.15) is 5.82 Å². The van der Waals surface area contributed by atoms with Crippen molar-refractivity contribution in [2.75, 3.05) is 24.7 Å². The van der Waals surface area contributed by atoms with Gasteiger partial charge in [0.25, 0.3) is 5.91 Å². The first-order chi connectivity index (χ1) is 9.09. The van der Waals surface area contributed by atoms with Crippen molar-refractivity contribution in [2.45, 2.75) is 12.5 Å².